The van der Waals surface area contributed by atoms with Gasteiger partial charge in [0.05, 0.1) is 0 Å². The molecular weight excluding hydrogens is 232 g/mol. The molecule has 1 aromatic carbocycles. The summed E-state index contributed by atoms with van der Waals surface area (Å²) in [4.78, 5) is 2.50. The van der Waals surface area contributed by atoms with Crippen LogP contribution in [0.1, 0.15) is 36.9 Å². The zero-order valence-electron chi connectivity index (χ0n) is 12.8. The van der Waals surface area contributed by atoms with E-state index in [1.807, 2.05) is 0 Å². The van der Waals surface area contributed by atoms with Gasteiger partial charge in [0.25, 0.3) is 0 Å². The second kappa shape index (κ2) is 6.53. The Morgan fingerprint density at radius 3 is 2.63 bits per heavy atom. The molecule has 1 saturated carbocycles. The second-order valence-electron chi connectivity index (χ2n) is 6.22. The normalized spacial score (nSPS) is 23.6. The number of nitrogens with zero attached hydrogens (tertiary/aromatic N) is 1. The van der Waals surface area contributed by atoms with Gasteiger partial charge in [0.2, 0.25) is 0 Å². The molecule has 1 fully saturated rings. The van der Waals surface area contributed by atoms with Gasteiger partial charge < -0.3 is 10.2 Å². The van der Waals surface area contributed by atoms with Crippen molar-refractivity contribution in [1.29, 1.82) is 0 Å². The van der Waals surface area contributed by atoms with E-state index < -0.39 is 0 Å². The van der Waals surface area contributed by atoms with E-state index in [1.54, 1.807) is 0 Å². The van der Waals surface area contributed by atoms with Crippen LogP contribution in [0, 0.1) is 18.8 Å². The number of nitrogens with one attached hydrogen (secondary N) is 1. The predicted molar refractivity (Wildman–Crippen MR) is 82.4 cm³/mol. The Bertz CT molecular complexity index is 402. The summed E-state index contributed by atoms with van der Waals surface area (Å²) in [5, 5.41) is 3.47. The Morgan fingerprint density at radius 1 is 1.37 bits per heavy atom. The third-order valence-corrected chi connectivity index (χ3v) is 4.53. The largest absolute Gasteiger partial charge is 0.313 e. The summed E-state index contributed by atoms with van der Waals surface area (Å²) in [7, 11) is 4.33. The lowest BCUT2D eigenvalue weighted by Gasteiger charge is -2.23. The van der Waals surface area contributed by atoms with Crippen molar-refractivity contribution >= 4 is 0 Å². The van der Waals surface area contributed by atoms with E-state index in [-0.39, 0.29) is 0 Å². The third-order valence-electron chi connectivity index (χ3n) is 4.53. The van der Waals surface area contributed by atoms with Crippen molar-refractivity contribution in [3.63, 3.8) is 0 Å². The van der Waals surface area contributed by atoms with Gasteiger partial charge >= 0.3 is 0 Å². The van der Waals surface area contributed by atoms with Crippen LogP contribution in [0.15, 0.2) is 24.3 Å². The van der Waals surface area contributed by atoms with Crippen molar-refractivity contribution in [2.45, 2.75) is 32.7 Å². The summed E-state index contributed by atoms with van der Waals surface area (Å²) in [5.74, 6) is 1.91. The maximum Gasteiger partial charge on any atom is 0.0332 e. The minimum Gasteiger partial charge on any atom is -0.313 e. The third kappa shape index (κ3) is 4.05. The van der Waals surface area contributed by atoms with Crippen molar-refractivity contribution < 1.29 is 0 Å². The van der Waals surface area contributed by atoms with Crippen molar-refractivity contribution in [2.24, 2.45) is 11.8 Å². The lowest BCUT2D eigenvalue weighted by Crippen LogP contribution is -2.27. The van der Waals surface area contributed by atoms with E-state index in [0.29, 0.717) is 6.04 Å². The summed E-state index contributed by atoms with van der Waals surface area (Å²) in [6.07, 6.45) is 2.61. The fourth-order valence-electron chi connectivity index (χ4n) is 2.93. The number of rotatable bonds is 7. The molecule has 0 aromatic heterocycles. The maximum absolute atomic E-state index is 3.47. The van der Waals surface area contributed by atoms with Gasteiger partial charge in [-0.3, -0.25) is 0 Å². The van der Waals surface area contributed by atoms with E-state index in [2.05, 4.69) is 62.4 Å². The van der Waals surface area contributed by atoms with E-state index in [4.69, 9.17) is 0 Å². The summed E-state index contributed by atoms with van der Waals surface area (Å²) in [6.45, 7) is 7.01. The van der Waals surface area contributed by atoms with Crippen LogP contribution >= 0.6 is 0 Å². The van der Waals surface area contributed by atoms with Gasteiger partial charge in [0.1, 0.15) is 0 Å². The summed E-state index contributed by atoms with van der Waals surface area (Å²) in [5.41, 5.74) is 2.83. The Balaban J connectivity index is 1.84. The van der Waals surface area contributed by atoms with Gasteiger partial charge in [-0.05, 0) is 63.4 Å². The molecule has 2 nitrogen and oxygen atoms in total. The molecule has 0 aliphatic heterocycles. The number of aryl methyl sites for hydroxylation is 1. The summed E-state index contributed by atoms with van der Waals surface area (Å²) in [6, 6.07) is 9.18. The fourth-order valence-corrected chi connectivity index (χ4v) is 2.93. The van der Waals surface area contributed by atoms with E-state index in [0.717, 1.165) is 11.8 Å². The molecule has 19 heavy (non-hydrogen) atoms. The Hall–Kier alpha value is -0.860. The van der Waals surface area contributed by atoms with Gasteiger partial charge in [-0.2, -0.15) is 0 Å². The smallest absolute Gasteiger partial charge is 0.0332 e. The number of hydrogen-bond acceptors (Lipinski definition) is 2. The minimum absolute atomic E-state index is 0.472. The van der Waals surface area contributed by atoms with Crippen LogP contribution in [0.25, 0.3) is 0 Å². The first kappa shape index (κ1) is 14.5. The van der Waals surface area contributed by atoms with Gasteiger partial charge in [-0.15, -0.1) is 0 Å². The molecule has 3 atom stereocenters. The highest BCUT2D eigenvalue weighted by atomic mass is 15.1. The quantitative estimate of drug-likeness (QED) is 0.809. The highest BCUT2D eigenvalue weighted by Crippen LogP contribution is 2.38. The molecular formula is C17H28N2. The van der Waals surface area contributed by atoms with Crippen LogP contribution in [0.2, 0.25) is 0 Å². The monoisotopic (exact) mass is 260 g/mol. The molecule has 2 rings (SSSR count). The first-order valence-corrected chi connectivity index (χ1v) is 7.53. The Kier molecular flexibility index (Phi) is 5.00. The van der Waals surface area contributed by atoms with Crippen LogP contribution in [-0.2, 0) is 0 Å². The van der Waals surface area contributed by atoms with Crippen LogP contribution in [-0.4, -0.2) is 32.1 Å². The summed E-state index contributed by atoms with van der Waals surface area (Å²) >= 11 is 0. The first-order valence-electron chi connectivity index (χ1n) is 7.53. The molecule has 2 heteroatoms. The predicted octanol–water partition coefficient (Wildman–Crippen LogP) is 3.23. The zero-order valence-corrected chi connectivity index (χ0v) is 12.8. The number of hydrogen-bond donors (Lipinski definition) is 1. The molecule has 1 N–H and O–H groups in total. The minimum atomic E-state index is 0.472. The average Bonchev–Trinajstić information content (AvgIpc) is 3.07. The average molecular weight is 260 g/mol. The Labute approximate surface area is 118 Å². The van der Waals surface area contributed by atoms with Gasteiger partial charge in [-0.1, -0.05) is 31.2 Å². The molecule has 1 aliphatic rings. The van der Waals surface area contributed by atoms with Crippen molar-refractivity contribution in [3.8, 4) is 0 Å². The molecule has 1 aromatic rings. The van der Waals surface area contributed by atoms with Crippen LogP contribution in [0.4, 0.5) is 0 Å². The van der Waals surface area contributed by atoms with Gasteiger partial charge in [0, 0.05) is 12.6 Å². The molecule has 0 amide bonds. The zero-order chi connectivity index (χ0) is 13.8. The standard InChI is InChI=1S/C17H28N2/c1-13-7-5-6-8-16(13)17(18-3)9-10-19(4)12-15-11-14(15)2/h5-8,14-15,17-18H,9-12H2,1-4H3. The highest BCUT2D eigenvalue weighted by Gasteiger charge is 2.33. The van der Waals surface area contributed by atoms with Crippen LogP contribution in [0.5, 0.6) is 0 Å². The van der Waals surface area contributed by atoms with Gasteiger partial charge in [-0.25, -0.2) is 0 Å². The maximum atomic E-state index is 3.47. The molecule has 0 bridgehead atoms. The molecule has 0 heterocycles. The second-order valence-corrected chi connectivity index (χ2v) is 6.22. The fraction of sp³-hybridized carbons (Fsp3) is 0.647. The molecule has 0 spiro atoms. The van der Waals surface area contributed by atoms with E-state index in [9.17, 15) is 0 Å². The lowest BCUT2D eigenvalue weighted by atomic mass is 9.99. The molecule has 0 saturated heterocycles. The highest BCUT2D eigenvalue weighted by molar-refractivity contribution is 5.28. The van der Waals surface area contributed by atoms with Crippen LogP contribution < -0.4 is 5.32 Å². The van der Waals surface area contributed by atoms with Crippen molar-refractivity contribution in [3.05, 3.63) is 35.4 Å². The van der Waals surface area contributed by atoms with Gasteiger partial charge in [0.15, 0.2) is 0 Å². The Morgan fingerprint density at radius 2 is 2.05 bits per heavy atom. The molecule has 0 radical (unpaired) electrons. The molecule has 3 unspecified atom stereocenters. The molecule has 106 valence electrons. The topological polar surface area (TPSA) is 15.3 Å². The molecule has 1 aliphatic carbocycles. The SMILES string of the molecule is CNC(CCN(C)CC1CC1C)c1ccccc1C. The first-order chi connectivity index (χ1) is 9.11. The van der Waals surface area contributed by atoms with Crippen molar-refractivity contribution in [2.75, 3.05) is 27.2 Å². The lowest BCUT2D eigenvalue weighted by molar-refractivity contribution is 0.295. The van der Waals surface area contributed by atoms with Crippen molar-refractivity contribution in [1.82, 2.24) is 10.2 Å². The van der Waals surface area contributed by atoms with Crippen LogP contribution in [0.3, 0.4) is 0 Å². The van der Waals surface area contributed by atoms with E-state index in [1.165, 1.54) is 37.1 Å². The summed E-state index contributed by atoms with van der Waals surface area (Å²) < 4.78 is 0. The number of benzene rings is 1. The van der Waals surface area contributed by atoms with E-state index >= 15 is 0 Å².